The summed E-state index contributed by atoms with van der Waals surface area (Å²) < 4.78 is 6.28. The molecule has 0 radical (unpaired) electrons. The monoisotopic (exact) mass is 390 g/mol. The largest absolute Gasteiger partial charge is 0.449 e. The van der Waals surface area contributed by atoms with Crippen LogP contribution in [-0.2, 0) is 4.74 Å². The van der Waals surface area contributed by atoms with E-state index in [4.69, 9.17) is 33.7 Å². The van der Waals surface area contributed by atoms with Gasteiger partial charge in [-0.05, 0) is 55.8 Å². The Hall–Kier alpha value is -2.50. The Morgan fingerprint density at radius 2 is 1.88 bits per heavy atom. The highest BCUT2D eigenvalue weighted by atomic mass is 35.5. The van der Waals surface area contributed by atoms with E-state index < -0.39 is 11.9 Å². The van der Waals surface area contributed by atoms with Crippen LogP contribution in [0, 0.1) is 6.92 Å². The number of nitrogen functional groups attached to an aromatic ring is 1. The van der Waals surface area contributed by atoms with E-state index in [-0.39, 0.29) is 18.0 Å². The number of ether oxygens (including phenoxy) is 1. The lowest BCUT2D eigenvalue weighted by molar-refractivity contribution is 0.102. The van der Waals surface area contributed by atoms with Gasteiger partial charge < -0.3 is 10.5 Å². The molecule has 1 aromatic heterocycles. The molecule has 2 aromatic carbocycles. The molecule has 2 N–H and O–H groups in total. The van der Waals surface area contributed by atoms with Crippen LogP contribution in [0.4, 0.5) is 10.5 Å². The van der Waals surface area contributed by atoms with Crippen molar-refractivity contribution in [1.82, 2.24) is 4.57 Å². The molecule has 0 unspecified atom stereocenters. The van der Waals surface area contributed by atoms with E-state index in [1.165, 1.54) is 4.57 Å². The molecule has 0 spiro atoms. The lowest BCUT2D eigenvalue weighted by Crippen LogP contribution is -2.20. The van der Waals surface area contributed by atoms with Crippen molar-refractivity contribution in [3.05, 3.63) is 63.3 Å². The van der Waals surface area contributed by atoms with Crippen molar-refractivity contribution >= 4 is 51.7 Å². The summed E-state index contributed by atoms with van der Waals surface area (Å²) in [6, 6.07) is 9.78. The first-order valence-electron chi connectivity index (χ1n) is 7.92. The molecule has 0 saturated heterocycles. The van der Waals surface area contributed by atoms with E-state index in [0.29, 0.717) is 26.5 Å². The third-order valence-electron chi connectivity index (χ3n) is 4.06. The number of anilines is 1. The molecule has 1 heterocycles. The molecule has 0 amide bonds. The predicted molar refractivity (Wildman–Crippen MR) is 103 cm³/mol. The Kier molecular flexibility index (Phi) is 4.94. The molecule has 134 valence electrons. The van der Waals surface area contributed by atoms with Gasteiger partial charge in [0.2, 0.25) is 5.78 Å². The molecule has 0 aliphatic heterocycles. The molecule has 5 nitrogen and oxygen atoms in total. The Morgan fingerprint density at radius 3 is 2.54 bits per heavy atom. The molecule has 0 atom stereocenters. The number of aryl methyl sites for hydroxylation is 1. The van der Waals surface area contributed by atoms with Gasteiger partial charge >= 0.3 is 6.09 Å². The summed E-state index contributed by atoms with van der Waals surface area (Å²) in [6.45, 7) is 3.64. The molecule has 0 saturated carbocycles. The fraction of sp³-hybridized carbons (Fsp3) is 0.158. The molecular weight excluding hydrogens is 375 g/mol. The first-order valence-corrected chi connectivity index (χ1v) is 8.68. The van der Waals surface area contributed by atoms with Crippen molar-refractivity contribution in [2.24, 2.45) is 0 Å². The van der Waals surface area contributed by atoms with E-state index >= 15 is 0 Å². The minimum atomic E-state index is -0.689. The summed E-state index contributed by atoms with van der Waals surface area (Å²) in [5.74, 6) is -0.400. The lowest BCUT2D eigenvalue weighted by Gasteiger charge is -2.10. The summed E-state index contributed by atoms with van der Waals surface area (Å²) >= 11 is 12.1. The number of ketones is 1. The average Bonchev–Trinajstić information content (AvgIpc) is 2.89. The van der Waals surface area contributed by atoms with E-state index in [9.17, 15) is 9.59 Å². The van der Waals surface area contributed by atoms with Gasteiger partial charge in [-0.1, -0.05) is 23.2 Å². The number of halogens is 2. The van der Waals surface area contributed by atoms with Crippen molar-refractivity contribution < 1.29 is 14.3 Å². The van der Waals surface area contributed by atoms with Gasteiger partial charge in [0.1, 0.15) is 5.69 Å². The number of benzene rings is 2. The Balaban J connectivity index is 2.28. The van der Waals surface area contributed by atoms with E-state index in [1.54, 1.807) is 50.2 Å². The Bertz CT molecular complexity index is 1040. The van der Waals surface area contributed by atoms with E-state index in [0.717, 1.165) is 5.56 Å². The average molecular weight is 391 g/mol. The number of carbonyl (C=O) groups excluding carboxylic acids is 2. The highest BCUT2D eigenvalue weighted by Crippen LogP contribution is 2.33. The van der Waals surface area contributed by atoms with Crippen molar-refractivity contribution in [2.75, 3.05) is 12.3 Å². The molecule has 26 heavy (non-hydrogen) atoms. The zero-order valence-corrected chi connectivity index (χ0v) is 15.7. The van der Waals surface area contributed by atoms with Gasteiger partial charge in [-0.25, -0.2) is 9.36 Å². The zero-order chi connectivity index (χ0) is 19.0. The number of fused-ring (bicyclic) bond motifs is 1. The minimum Gasteiger partial charge on any atom is -0.449 e. The predicted octanol–water partition coefficient (Wildman–Crippen LogP) is 5.07. The van der Waals surface area contributed by atoms with Gasteiger partial charge in [0.15, 0.2) is 0 Å². The quantitative estimate of drug-likeness (QED) is 0.633. The molecule has 3 aromatic rings. The van der Waals surface area contributed by atoms with Gasteiger partial charge in [-0.15, -0.1) is 0 Å². The number of rotatable bonds is 3. The topological polar surface area (TPSA) is 74.3 Å². The maximum absolute atomic E-state index is 13.1. The third kappa shape index (κ3) is 3.04. The zero-order valence-electron chi connectivity index (χ0n) is 14.2. The van der Waals surface area contributed by atoms with Gasteiger partial charge in [0.25, 0.3) is 0 Å². The maximum atomic E-state index is 13.1. The standard InChI is InChI=1S/C19H16Cl2N2O3/c1-3-26-19(25)23-15-9-12(20)5-6-13(15)16(22)17(23)18(24)11-4-7-14(21)10(2)8-11/h4-9H,3,22H2,1-2H3. The molecule has 0 aliphatic carbocycles. The van der Waals surface area contributed by atoms with Crippen LogP contribution in [-0.4, -0.2) is 23.1 Å². The van der Waals surface area contributed by atoms with Crippen LogP contribution in [0.5, 0.6) is 0 Å². The Morgan fingerprint density at radius 1 is 1.15 bits per heavy atom. The van der Waals surface area contributed by atoms with Crippen molar-refractivity contribution in [1.29, 1.82) is 0 Å². The summed E-state index contributed by atoms with van der Waals surface area (Å²) in [5, 5.41) is 1.52. The third-order valence-corrected chi connectivity index (χ3v) is 4.71. The minimum absolute atomic E-state index is 0.0439. The first kappa shape index (κ1) is 18.3. The van der Waals surface area contributed by atoms with Crippen LogP contribution in [0.25, 0.3) is 10.9 Å². The summed E-state index contributed by atoms with van der Waals surface area (Å²) in [4.78, 5) is 25.7. The summed E-state index contributed by atoms with van der Waals surface area (Å²) in [6.07, 6.45) is -0.689. The second-order valence-corrected chi connectivity index (χ2v) is 6.59. The summed E-state index contributed by atoms with van der Waals surface area (Å²) in [7, 11) is 0. The van der Waals surface area contributed by atoms with Crippen LogP contribution in [0.2, 0.25) is 10.0 Å². The highest BCUT2D eigenvalue weighted by molar-refractivity contribution is 6.32. The Labute approximate surface area is 160 Å². The van der Waals surface area contributed by atoms with Crippen LogP contribution in [0.1, 0.15) is 28.5 Å². The number of nitrogens with zero attached hydrogens (tertiary/aromatic N) is 1. The van der Waals surface area contributed by atoms with Crippen LogP contribution in [0.15, 0.2) is 36.4 Å². The van der Waals surface area contributed by atoms with E-state index in [1.807, 2.05) is 0 Å². The molecule has 7 heteroatoms. The van der Waals surface area contributed by atoms with Gasteiger partial charge in [-0.2, -0.15) is 0 Å². The molecular formula is C19H16Cl2N2O3. The molecule has 0 fully saturated rings. The lowest BCUT2D eigenvalue weighted by atomic mass is 10.0. The normalized spacial score (nSPS) is 10.9. The molecule has 0 bridgehead atoms. The molecule has 0 aliphatic rings. The second kappa shape index (κ2) is 7.02. The van der Waals surface area contributed by atoms with Crippen LogP contribution < -0.4 is 5.73 Å². The number of hydrogen-bond donors (Lipinski definition) is 1. The van der Waals surface area contributed by atoms with Crippen molar-refractivity contribution in [2.45, 2.75) is 13.8 Å². The number of carbonyl (C=O) groups is 2. The SMILES string of the molecule is CCOC(=O)n1c(C(=O)c2ccc(Cl)c(C)c2)c(N)c2ccc(Cl)cc21. The molecule has 3 rings (SSSR count). The number of aromatic nitrogens is 1. The van der Waals surface area contributed by atoms with Crippen molar-refractivity contribution in [3.63, 3.8) is 0 Å². The van der Waals surface area contributed by atoms with E-state index in [2.05, 4.69) is 0 Å². The van der Waals surface area contributed by atoms with Crippen LogP contribution >= 0.6 is 23.2 Å². The first-order chi connectivity index (χ1) is 12.3. The maximum Gasteiger partial charge on any atom is 0.419 e. The highest BCUT2D eigenvalue weighted by Gasteiger charge is 2.27. The van der Waals surface area contributed by atoms with Gasteiger partial charge in [0.05, 0.1) is 17.8 Å². The smallest absolute Gasteiger partial charge is 0.419 e. The van der Waals surface area contributed by atoms with Crippen LogP contribution in [0.3, 0.4) is 0 Å². The van der Waals surface area contributed by atoms with Gasteiger partial charge in [-0.3, -0.25) is 4.79 Å². The fourth-order valence-electron chi connectivity index (χ4n) is 2.81. The number of nitrogens with two attached hydrogens (primary N) is 1. The van der Waals surface area contributed by atoms with Gasteiger partial charge in [0, 0.05) is 21.0 Å². The second-order valence-electron chi connectivity index (χ2n) is 5.75. The fourth-order valence-corrected chi connectivity index (χ4v) is 3.09. The number of hydrogen-bond acceptors (Lipinski definition) is 4. The summed E-state index contributed by atoms with van der Waals surface area (Å²) in [5.41, 5.74) is 7.99. The van der Waals surface area contributed by atoms with Crippen molar-refractivity contribution in [3.8, 4) is 0 Å².